The van der Waals surface area contributed by atoms with Crippen molar-refractivity contribution in [2.75, 3.05) is 17.7 Å². The third-order valence-corrected chi connectivity index (χ3v) is 10.7. The average Bonchev–Trinajstić information content (AvgIpc) is 3.18. The zero-order chi connectivity index (χ0) is 26.8. The molecule has 1 aromatic carbocycles. The van der Waals surface area contributed by atoms with E-state index in [0.717, 1.165) is 0 Å². The Bertz CT molecular complexity index is 1110. The fraction of sp³-hybridized carbons (Fsp3) is 0.500. The molecule has 2 amide bonds. The average molecular weight is 503 g/mol. The smallest absolute Gasteiger partial charge is 0.342 e. The first-order valence-corrected chi connectivity index (χ1v) is 14.5. The van der Waals surface area contributed by atoms with Crippen molar-refractivity contribution in [3.63, 3.8) is 0 Å². The Morgan fingerprint density at radius 2 is 1.60 bits per heavy atom. The molecule has 0 unspecified atom stereocenters. The lowest BCUT2D eigenvalue weighted by molar-refractivity contribution is -0.123. The molecular formula is C26H38N2O6Si. The number of rotatable bonds is 7. The molecule has 0 fully saturated rings. The van der Waals surface area contributed by atoms with E-state index in [1.807, 2.05) is 0 Å². The van der Waals surface area contributed by atoms with Crippen LogP contribution in [0.2, 0.25) is 18.1 Å². The van der Waals surface area contributed by atoms with Gasteiger partial charge < -0.3 is 24.2 Å². The molecule has 0 saturated carbocycles. The van der Waals surface area contributed by atoms with Gasteiger partial charge in [-0.2, -0.15) is 0 Å². The minimum atomic E-state index is -2.06. The number of benzene rings is 1. The van der Waals surface area contributed by atoms with E-state index in [0.29, 0.717) is 16.9 Å². The molecule has 35 heavy (non-hydrogen) atoms. The SMILES string of the molecule is COC(=O)c1c(NC(=O)C(C)(C)C)ccc(-c2ccoc2CO[Si](C)(C)C(C)(C)C)c1NC(C)=O. The Morgan fingerprint density at radius 3 is 2.11 bits per heavy atom. The molecule has 0 bridgehead atoms. The first-order valence-electron chi connectivity index (χ1n) is 11.5. The molecule has 0 aliphatic heterocycles. The first kappa shape index (κ1) is 28.3. The normalized spacial score (nSPS) is 12.3. The van der Waals surface area contributed by atoms with Gasteiger partial charge in [-0.15, -0.1) is 0 Å². The predicted molar refractivity (Wildman–Crippen MR) is 140 cm³/mol. The van der Waals surface area contributed by atoms with Crippen molar-refractivity contribution >= 4 is 37.5 Å². The number of methoxy groups -OCH3 is 1. The van der Waals surface area contributed by atoms with Gasteiger partial charge >= 0.3 is 5.97 Å². The molecule has 1 aromatic heterocycles. The van der Waals surface area contributed by atoms with Gasteiger partial charge in [-0.25, -0.2) is 4.79 Å². The number of anilines is 2. The van der Waals surface area contributed by atoms with Crippen LogP contribution in [0.15, 0.2) is 28.9 Å². The number of amides is 2. The second kappa shape index (κ2) is 10.4. The van der Waals surface area contributed by atoms with Crippen molar-refractivity contribution in [3.8, 4) is 11.1 Å². The van der Waals surface area contributed by atoms with Gasteiger partial charge in [-0.05, 0) is 30.3 Å². The molecule has 0 aliphatic rings. The Kier molecular flexibility index (Phi) is 8.39. The van der Waals surface area contributed by atoms with E-state index in [9.17, 15) is 14.4 Å². The second-order valence-corrected chi connectivity index (χ2v) is 15.9. The lowest BCUT2D eigenvalue weighted by atomic mass is 9.94. The highest BCUT2D eigenvalue weighted by atomic mass is 28.4. The number of hydrogen-bond donors (Lipinski definition) is 2. The van der Waals surface area contributed by atoms with Crippen LogP contribution >= 0.6 is 0 Å². The largest absolute Gasteiger partial charge is 0.466 e. The van der Waals surface area contributed by atoms with Crippen molar-refractivity contribution in [1.29, 1.82) is 0 Å². The van der Waals surface area contributed by atoms with Crippen molar-refractivity contribution < 1.29 is 28.0 Å². The number of ether oxygens (including phenoxy) is 1. The summed E-state index contributed by atoms with van der Waals surface area (Å²) in [7, 11) is -0.808. The summed E-state index contributed by atoms with van der Waals surface area (Å²) >= 11 is 0. The molecule has 2 aromatic rings. The summed E-state index contributed by atoms with van der Waals surface area (Å²) in [6.07, 6.45) is 1.55. The third kappa shape index (κ3) is 6.61. The van der Waals surface area contributed by atoms with Crippen LogP contribution in [-0.2, 0) is 25.4 Å². The van der Waals surface area contributed by atoms with Gasteiger partial charge in [0.2, 0.25) is 11.8 Å². The van der Waals surface area contributed by atoms with Crippen LogP contribution in [0, 0.1) is 5.41 Å². The fourth-order valence-corrected chi connectivity index (χ4v) is 3.94. The van der Waals surface area contributed by atoms with Crippen LogP contribution in [0.3, 0.4) is 0 Å². The zero-order valence-corrected chi connectivity index (χ0v) is 23.5. The summed E-state index contributed by atoms with van der Waals surface area (Å²) < 4.78 is 17.1. The predicted octanol–water partition coefficient (Wildman–Crippen LogP) is 6.20. The van der Waals surface area contributed by atoms with Crippen LogP contribution in [0.4, 0.5) is 11.4 Å². The highest BCUT2D eigenvalue weighted by Gasteiger charge is 2.37. The number of furan rings is 1. The standard InChI is InChI=1S/C26H38N2O6Si/c1-16(29)27-22-18(17-13-14-33-20(17)15-34-35(9,10)26(5,6)7)11-12-19(21(22)23(30)32-8)28-24(31)25(2,3)4/h11-14H,15H2,1-10H3,(H,27,29)(H,28,31). The molecule has 1 heterocycles. The Labute approximate surface area is 208 Å². The van der Waals surface area contributed by atoms with Crippen LogP contribution in [-0.4, -0.2) is 33.2 Å². The van der Waals surface area contributed by atoms with E-state index in [1.54, 1.807) is 45.2 Å². The third-order valence-electron chi connectivity index (χ3n) is 6.23. The molecule has 0 aliphatic carbocycles. The fourth-order valence-electron chi connectivity index (χ4n) is 3.02. The first-order chi connectivity index (χ1) is 16.0. The van der Waals surface area contributed by atoms with Crippen molar-refractivity contribution in [2.24, 2.45) is 5.41 Å². The second-order valence-electron chi connectivity index (χ2n) is 11.1. The van der Waals surface area contributed by atoms with Gasteiger partial charge in [0.05, 0.1) is 31.4 Å². The van der Waals surface area contributed by atoms with Gasteiger partial charge in [0, 0.05) is 23.5 Å². The van der Waals surface area contributed by atoms with E-state index < -0.39 is 19.7 Å². The van der Waals surface area contributed by atoms with Gasteiger partial charge in [-0.1, -0.05) is 47.6 Å². The van der Waals surface area contributed by atoms with E-state index in [-0.39, 0.29) is 40.4 Å². The molecule has 0 spiro atoms. The Morgan fingerprint density at radius 1 is 0.971 bits per heavy atom. The minimum absolute atomic E-state index is 0.0199. The molecule has 2 rings (SSSR count). The van der Waals surface area contributed by atoms with Gasteiger partial charge in [0.15, 0.2) is 8.32 Å². The van der Waals surface area contributed by atoms with Gasteiger partial charge in [0.1, 0.15) is 11.3 Å². The Hall–Kier alpha value is -2.91. The topological polar surface area (TPSA) is 107 Å². The van der Waals surface area contributed by atoms with Crippen molar-refractivity contribution in [2.45, 2.75) is 73.2 Å². The van der Waals surface area contributed by atoms with Crippen LogP contribution in [0.25, 0.3) is 11.1 Å². The highest BCUT2D eigenvalue weighted by Crippen LogP contribution is 2.41. The summed E-state index contributed by atoms with van der Waals surface area (Å²) in [5.74, 6) is -0.777. The van der Waals surface area contributed by atoms with Crippen LogP contribution in [0.5, 0.6) is 0 Å². The maximum atomic E-state index is 12.9. The molecule has 2 N–H and O–H groups in total. The summed E-state index contributed by atoms with van der Waals surface area (Å²) in [5, 5.41) is 5.57. The summed E-state index contributed by atoms with van der Waals surface area (Å²) in [6.45, 7) is 17.7. The molecule has 8 nitrogen and oxygen atoms in total. The van der Waals surface area contributed by atoms with E-state index >= 15 is 0 Å². The van der Waals surface area contributed by atoms with E-state index in [4.69, 9.17) is 13.6 Å². The lowest BCUT2D eigenvalue weighted by Crippen LogP contribution is -2.40. The minimum Gasteiger partial charge on any atom is -0.466 e. The lowest BCUT2D eigenvalue weighted by Gasteiger charge is -2.35. The van der Waals surface area contributed by atoms with E-state index in [2.05, 4.69) is 44.5 Å². The summed E-state index contributed by atoms with van der Waals surface area (Å²) in [6, 6.07) is 5.12. The molecule has 0 atom stereocenters. The monoisotopic (exact) mass is 502 g/mol. The number of carbonyl (C=O) groups excluding carboxylic acids is 3. The molecular weight excluding hydrogens is 464 g/mol. The molecule has 0 radical (unpaired) electrons. The van der Waals surface area contributed by atoms with E-state index in [1.165, 1.54) is 14.0 Å². The quantitative estimate of drug-likeness (QED) is 0.345. The number of esters is 1. The maximum absolute atomic E-state index is 12.9. The molecule has 0 saturated heterocycles. The molecule has 192 valence electrons. The summed E-state index contributed by atoms with van der Waals surface area (Å²) in [5.41, 5.74) is 1.05. The molecule has 9 heteroatoms. The van der Waals surface area contributed by atoms with Crippen molar-refractivity contribution in [3.05, 3.63) is 35.8 Å². The number of nitrogens with one attached hydrogen (secondary N) is 2. The number of hydrogen-bond acceptors (Lipinski definition) is 6. The number of carbonyl (C=O) groups is 3. The van der Waals surface area contributed by atoms with Crippen LogP contribution < -0.4 is 10.6 Å². The van der Waals surface area contributed by atoms with Crippen molar-refractivity contribution in [1.82, 2.24) is 0 Å². The zero-order valence-electron chi connectivity index (χ0n) is 22.5. The Balaban J connectivity index is 2.64. The maximum Gasteiger partial charge on any atom is 0.342 e. The van der Waals surface area contributed by atoms with Crippen LogP contribution in [0.1, 0.15) is 64.6 Å². The highest BCUT2D eigenvalue weighted by molar-refractivity contribution is 6.74. The van der Waals surface area contributed by atoms with Gasteiger partial charge in [0.25, 0.3) is 0 Å². The van der Waals surface area contributed by atoms with Gasteiger partial charge in [-0.3, -0.25) is 9.59 Å². The summed E-state index contributed by atoms with van der Waals surface area (Å²) in [4.78, 5) is 37.7.